The molecule has 0 bridgehead atoms. The standard InChI is InChI=1S/C11H12ClNO2/c12-9-3-1-2-8(6-9)11(15)13-5-4-10(14)7-13/h1-3,6,10,14H,4-5,7H2. The fraction of sp³-hybridized carbons (Fsp3) is 0.364. The van der Waals surface area contributed by atoms with E-state index in [1.807, 2.05) is 0 Å². The molecule has 1 saturated heterocycles. The van der Waals surface area contributed by atoms with Crippen molar-refractivity contribution in [3.8, 4) is 0 Å². The first kappa shape index (κ1) is 10.5. The molecule has 0 spiro atoms. The zero-order valence-electron chi connectivity index (χ0n) is 8.19. The monoisotopic (exact) mass is 225 g/mol. The molecule has 0 aromatic heterocycles. The van der Waals surface area contributed by atoms with E-state index >= 15 is 0 Å². The van der Waals surface area contributed by atoms with Crippen molar-refractivity contribution in [1.82, 2.24) is 4.90 Å². The van der Waals surface area contributed by atoms with Crippen LogP contribution in [0.3, 0.4) is 0 Å². The Morgan fingerprint density at radius 3 is 2.93 bits per heavy atom. The Bertz CT molecular complexity index is 381. The highest BCUT2D eigenvalue weighted by atomic mass is 35.5. The minimum absolute atomic E-state index is 0.0611. The van der Waals surface area contributed by atoms with E-state index in [-0.39, 0.29) is 12.0 Å². The van der Waals surface area contributed by atoms with Gasteiger partial charge >= 0.3 is 0 Å². The van der Waals surface area contributed by atoms with Gasteiger partial charge in [-0.25, -0.2) is 0 Å². The molecular formula is C11H12ClNO2. The summed E-state index contributed by atoms with van der Waals surface area (Å²) in [6, 6.07) is 6.87. The summed E-state index contributed by atoms with van der Waals surface area (Å²) in [5.41, 5.74) is 0.580. The Morgan fingerprint density at radius 1 is 1.53 bits per heavy atom. The molecule has 80 valence electrons. The number of carbonyl (C=O) groups is 1. The molecule has 0 aliphatic carbocycles. The van der Waals surface area contributed by atoms with Crippen LogP contribution in [0.1, 0.15) is 16.8 Å². The summed E-state index contributed by atoms with van der Waals surface area (Å²) >= 11 is 5.80. The molecule has 0 radical (unpaired) electrons. The molecule has 0 saturated carbocycles. The molecular weight excluding hydrogens is 214 g/mol. The number of aliphatic hydroxyl groups excluding tert-OH is 1. The first-order valence-electron chi connectivity index (χ1n) is 4.90. The quantitative estimate of drug-likeness (QED) is 0.788. The molecule has 4 heteroatoms. The van der Waals surface area contributed by atoms with Crippen molar-refractivity contribution in [2.24, 2.45) is 0 Å². The Labute approximate surface area is 93.3 Å². The summed E-state index contributed by atoms with van der Waals surface area (Å²) < 4.78 is 0. The van der Waals surface area contributed by atoms with E-state index in [2.05, 4.69) is 0 Å². The van der Waals surface area contributed by atoms with Crippen molar-refractivity contribution in [1.29, 1.82) is 0 Å². The molecule has 1 aliphatic rings. The molecule has 1 N–H and O–H groups in total. The number of β-amino-alcohol motifs (C(OH)–C–C–N with tert-alkyl or cyclic N) is 1. The molecule has 1 aliphatic heterocycles. The summed E-state index contributed by atoms with van der Waals surface area (Å²) in [6.45, 7) is 1.04. The lowest BCUT2D eigenvalue weighted by molar-refractivity contribution is 0.0765. The third kappa shape index (κ3) is 2.30. The molecule has 15 heavy (non-hydrogen) atoms. The van der Waals surface area contributed by atoms with Gasteiger partial charge in [0.2, 0.25) is 0 Å². The van der Waals surface area contributed by atoms with E-state index in [9.17, 15) is 9.90 Å². The average Bonchev–Trinajstić information content (AvgIpc) is 2.64. The number of halogens is 1. The lowest BCUT2D eigenvalue weighted by Crippen LogP contribution is -2.29. The molecule has 1 atom stereocenters. The topological polar surface area (TPSA) is 40.5 Å². The zero-order valence-corrected chi connectivity index (χ0v) is 8.94. The van der Waals surface area contributed by atoms with Crippen LogP contribution in [0.5, 0.6) is 0 Å². The van der Waals surface area contributed by atoms with Crippen LogP contribution in [-0.2, 0) is 0 Å². The van der Waals surface area contributed by atoms with Gasteiger partial charge in [0.1, 0.15) is 0 Å². The van der Waals surface area contributed by atoms with Crippen molar-refractivity contribution in [2.75, 3.05) is 13.1 Å². The third-order valence-electron chi connectivity index (χ3n) is 2.52. The van der Waals surface area contributed by atoms with Gasteiger partial charge in [0.25, 0.3) is 5.91 Å². The number of amides is 1. The van der Waals surface area contributed by atoms with Gasteiger partial charge in [-0.15, -0.1) is 0 Å². The number of hydrogen-bond donors (Lipinski definition) is 1. The van der Waals surface area contributed by atoms with Gasteiger partial charge in [0.05, 0.1) is 6.10 Å². The van der Waals surface area contributed by atoms with E-state index in [0.717, 1.165) is 0 Å². The second-order valence-corrected chi connectivity index (χ2v) is 4.14. The van der Waals surface area contributed by atoms with Crippen LogP contribution >= 0.6 is 11.6 Å². The summed E-state index contributed by atoms with van der Waals surface area (Å²) in [4.78, 5) is 13.6. The molecule has 3 nitrogen and oxygen atoms in total. The highest BCUT2D eigenvalue weighted by Gasteiger charge is 2.25. The number of aliphatic hydroxyl groups is 1. The lowest BCUT2D eigenvalue weighted by Gasteiger charge is -2.15. The van der Waals surface area contributed by atoms with E-state index in [0.29, 0.717) is 30.1 Å². The highest BCUT2D eigenvalue weighted by molar-refractivity contribution is 6.30. The van der Waals surface area contributed by atoms with Gasteiger partial charge in [0.15, 0.2) is 0 Å². The second-order valence-electron chi connectivity index (χ2n) is 3.70. The zero-order chi connectivity index (χ0) is 10.8. The predicted molar refractivity (Wildman–Crippen MR) is 58.0 cm³/mol. The Morgan fingerprint density at radius 2 is 2.33 bits per heavy atom. The molecule has 1 unspecified atom stereocenters. The highest BCUT2D eigenvalue weighted by Crippen LogP contribution is 2.16. The van der Waals surface area contributed by atoms with Gasteiger partial charge in [-0.2, -0.15) is 0 Å². The number of likely N-dealkylation sites (tertiary alicyclic amines) is 1. The van der Waals surface area contributed by atoms with E-state index in [4.69, 9.17) is 11.6 Å². The minimum atomic E-state index is -0.381. The van der Waals surface area contributed by atoms with Crippen LogP contribution in [-0.4, -0.2) is 35.1 Å². The summed E-state index contributed by atoms with van der Waals surface area (Å²) in [6.07, 6.45) is 0.278. The molecule has 1 fully saturated rings. The first-order chi connectivity index (χ1) is 7.16. The Hall–Kier alpha value is -1.06. The van der Waals surface area contributed by atoms with Crippen LogP contribution in [0, 0.1) is 0 Å². The van der Waals surface area contributed by atoms with Crippen molar-refractivity contribution in [2.45, 2.75) is 12.5 Å². The number of nitrogens with zero attached hydrogens (tertiary/aromatic N) is 1. The molecule has 1 amide bonds. The predicted octanol–water partition coefficient (Wildman–Crippen LogP) is 1.55. The first-order valence-corrected chi connectivity index (χ1v) is 5.27. The third-order valence-corrected chi connectivity index (χ3v) is 2.76. The maximum Gasteiger partial charge on any atom is 0.253 e. The largest absolute Gasteiger partial charge is 0.391 e. The van der Waals surface area contributed by atoms with Crippen LogP contribution in [0.15, 0.2) is 24.3 Å². The number of hydrogen-bond acceptors (Lipinski definition) is 2. The van der Waals surface area contributed by atoms with Crippen LogP contribution in [0.25, 0.3) is 0 Å². The van der Waals surface area contributed by atoms with Crippen LogP contribution in [0.4, 0.5) is 0 Å². The average molecular weight is 226 g/mol. The van der Waals surface area contributed by atoms with E-state index < -0.39 is 0 Å². The summed E-state index contributed by atoms with van der Waals surface area (Å²) in [5, 5.41) is 9.89. The van der Waals surface area contributed by atoms with Gasteiger partial charge in [-0.05, 0) is 24.6 Å². The van der Waals surface area contributed by atoms with Crippen LogP contribution in [0.2, 0.25) is 5.02 Å². The van der Waals surface area contributed by atoms with Gasteiger partial charge in [-0.3, -0.25) is 4.79 Å². The summed E-state index contributed by atoms with van der Waals surface area (Å²) in [5.74, 6) is -0.0611. The summed E-state index contributed by atoms with van der Waals surface area (Å²) in [7, 11) is 0. The number of carbonyl (C=O) groups excluding carboxylic acids is 1. The van der Waals surface area contributed by atoms with Gasteiger partial charge in [0, 0.05) is 23.7 Å². The number of benzene rings is 1. The van der Waals surface area contributed by atoms with Crippen molar-refractivity contribution >= 4 is 17.5 Å². The minimum Gasteiger partial charge on any atom is -0.391 e. The maximum atomic E-state index is 11.9. The number of rotatable bonds is 1. The maximum absolute atomic E-state index is 11.9. The van der Waals surface area contributed by atoms with Gasteiger partial charge < -0.3 is 10.0 Å². The normalized spacial score (nSPS) is 20.7. The van der Waals surface area contributed by atoms with Crippen molar-refractivity contribution < 1.29 is 9.90 Å². The van der Waals surface area contributed by atoms with Crippen LogP contribution < -0.4 is 0 Å². The molecule has 2 rings (SSSR count). The lowest BCUT2D eigenvalue weighted by atomic mass is 10.2. The smallest absolute Gasteiger partial charge is 0.253 e. The SMILES string of the molecule is O=C(c1cccc(Cl)c1)N1CCC(O)C1. The molecule has 1 aromatic carbocycles. The Balaban J connectivity index is 2.14. The van der Waals surface area contributed by atoms with Gasteiger partial charge in [-0.1, -0.05) is 17.7 Å². The van der Waals surface area contributed by atoms with Crippen molar-refractivity contribution in [3.63, 3.8) is 0 Å². The fourth-order valence-corrected chi connectivity index (χ4v) is 1.92. The van der Waals surface area contributed by atoms with Crippen molar-refractivity contribution in [3.05, 3.63) is 34.9 Å². The van der Waals surface area contributed by atoms with E-state index in [1.54, 1.807) is 29.2 Å². The molecule has 1 aromatic rings. The molecule has 1 heterocycles. The van der Waals surface area contributed by atoms with E-state index in [1.165, 1.54) is 0 Å². The fourth-order valence-electron chi connectivity index (χ4n) is 1.73. The Kier molecular flexibility index (Phi) is 2.93. The second kappa shape index (κ2) is 4.21.